The van der Waals surface area contributed by atoms with Crippen LogP contribution in [0.5, 0.6) is 0 Å². The van der Waals surface area contributed by atoms with Gasteiger partial charge in [0.05, 0.1) is 0 Å². The molecule has 1 heterocycles. The standard InChI is InChI=1S/C12H17NS/c1-9-4-5-12(13)10(7-9)8-11-3-2-6-14-11/h4-5,7,11H,2-3,6,8,13H2,1H3. The summed E-state index contributed by atoms with van der Waals surface area (Å²) in [6.45, 7) is 2.13. The number of hydrogen-bond donors (Lipinski definition) is 1. The van der Waals surface area contributed by atoms with E-state index in [2.05, 4.69) is 30.8 Å². The molecule has 0 amide bonds. The maximum Gasteiger partial charge on any atom is 0.0347 e. The summed E-state index contributed by atoms with van der Waals surface area (Å²) in [5.74, 6) is 1.33. The second-order valence-corrected chi connectivity index (χ2v) is 5.45. The highest BCUT2D eigenvalue weighted by molar-refractivity contribution is 8.00. The molecule has 1 aromatic carbocycles. The first kappa shape index (κ1) is 9.91. The fourth-order valence-electron chi connectivity index (χ4n) is 1.96. The summed E-state index contributed by atoms with van der Waals surface area (Å²) >= 11 is 2.10. The van der Waals surface area contributed by atoms with Crippen molar-refractivity contribution in [2.75, 3.05) is 11.5 Å². The molecule has 1 atom stereocenters. The number of benzene rings is 1. The highest BCUT2D eigenvalue weighted by Crippen LogP contribution is 2.30. The first-order valence-corrected chi connectivity index (χ1v) is 6.27. The molecule has 0 saturated carbocycles. The molecule has 1 aliphatic heterocycles. The van der Waals surface area contributed by atoms with Crippen LogP contribution in [0.25, 0.3) is 0 Å². The predicted octanol–water partition coefficient (Wildman–Crippen LogP) is 3.02. The van der Waals surface area contributed by atoms with E-state index < -0.39 is 0 Å². The molecule has 0 radical (unpaired) electrons. The minimum atomic E-state index is 0.805. The van der Waals surface area contributed by atoms with Crippen molar-refractivity contribution in [3.63, 3.8) is 0 Å². The molecule has 76 valence electrons. The summed E-state index contributed by atoms with van der Waals surface area (Å²) in [5.41, 5.74) is 9.57. The summed E-state index contributed by atoms with van der Waals surface area (Å²) in [5, 5.41) is 0.805. The normalized spacial score (nSPS) is 21.4. The van der Waals surface area contributed by atoms with Crippen LogP contribution in [0.4, 0.5) is 5.69 Å². The molecule has 1 nitrogen and oxygen atoms in total. The lowest BCUT2D eigenvalue weighted by Gasteiger charge is -2.11. The molecule has 2 N–H and O–H groups in total. The maximum absolute atomic E-state index is 5.96. The molecule has 1 fully saturated rings. The molecule has 1 saturated heterocycles. The van der Waals surface area contributed by atoms with Crippen molar-refractivity contribution < 1.29 is 0 Å². The van der Waals surface area contributed by atoms with Crippen molar-refractivity contribution in [1.82, 2.24) is 0 Å². The minimum absolute atomic E-state index is 0.805. The number of rotatable bonds is 2. The molecule has 0 aliphatic carbocycles. The van der Waals surface area contributed by atoms with Crippen LogP contribution in [0.2, 0.25) is 0 Å². The van der Waals surface area contributed by atoms with Crippen LogP contribution in [0.1, 0.15) is 24.0 Å². The Morgan fingerprint density at radius 3 is 3.07 bits per heavy atom. The third kappa shape index (κ3) is 2.24. The zero-order chi connectivity index (χ0) is 9.97. The van der Waals surface area contributed by atoms with Gasteiger partial charge in [-0.2, -0.15) is 11.8 Å². The summed E-state index contributed by atoms with van der Waals surface area (Å²) in [4.78, 5) is 0. The number of thioether (sulfide) groups is 1. The number of nitrogens with two attached hydrogens (primary N) is 1. The molecule has 2 rings (SSSR count). The Morgan fingerprint density at radius 2 is 2.36 bits per heavy atom. The smallest absolute Gasteiger partial charge is 0.0347 e. The van der Waals surface area contributed by atoms with Gasteiger partial charge in [0, 0.05) is 10.9 Å². The minimum Gasteiger partial charge on any atom is -0.399 e. The molecule has 2 heteroatoms. The van der Waals surface area contributed by atoms with Crippen LogP contribution >= 0.6 is 11.8 Å². The summed E-state index contributed by atoms with van der Waals surface area (Å²) in [6, 6.07) is 6.35. The largest absolute Gasteiger partial charge is 0.399 e. The first-order chi connectivity index (χ1) is 6.75. The topological polar surface area (TPSA) is 26.0 Å². The van der Waals surface area contributed by atoms with E-state index in [-0.39, 0.29) is 0 Å². The van der Waals surface area contributed by atoms with Crippen molar-refractivity contribution in [3.8, 4) is 0 Å². The van der Waals surface area contributed by atoms with Crippen LogP contribution < -0.4 is 5.73 Å². The zero-order valence-corrected chi connectivity index (χ0v) is 9.44. The van der Waals surface area contributed by atoms with Gasteiger partial charge < -0.3 is 5.73 Å². The number of aryl methyl sites for hydroxylation is 1. The van der Waals surface area contributed by atoms with Gasteiger partial charge in [-0.25, -0.2) is 0 Å². The van der Waals surface area contributed by atoms with E-state index >= 15 is 0 Å². The summed E-state index contributed by atoms with van der Waals surface area (Å²) < 4.78 is 0. The van der Waals surface area contributed by atoms with Crippen molar-refractivity contribution >= 4 is 17.4 Å². The van der Waals surface area contributed by atoms with Gasteiger partial charge in [-0.15, -0.1) is 0 Å². The average Bonchev–Trinajstić information content (AvgIpc) is 2.64. The van der Waals surface area contributed by atoms with Gasteiger partial charge in [0.1, 0.15) is 0 Å². The van der Waals surface area contributed by atoms with Gasteiger partial charge in [-0.1, -0.05) is 17.7 Å². The molecule has 0 bridgehead atoms. The fourth-order valence-corrected chi connectivity index (χ4v) is 3.26. The Balaban J connectivity index is 2.10. The van der Waals surface area contributed by atoms with Crippen molar-refractivity contribution in [2.45, 2.75) is 31.4 Å². The van der Waals surface area contributed by atoms with Crippen LogP contribution in [-0.2, 0) is 6.42 Å². The first-order valence-electron chi connectivity index (χ1n) is 5.22. The second-order valence-electron chi connectivity index (χ2n) is 4.04. The van der Waals surface area contributed by atoms with Crippen LogP contribution in [0.3, 0.4) is 0 Å². The SMILES string of the molecule is Cc1ccc(N)c(CC2CCCS2)c1. The maximum atomic E-state index is 5.96. The van der Waals surface area contributed by atoms with E-state index in [0.29, 0.717) is 0 Å². The van der Waals surface area contributed by atoms with Gasteiger partial charge >= 0.3 is 0 Å². The Hall–Kier alpha value is -0.630. The van der Waals surface area contributed by atoms with Crippen molar-refractivity contribution in [3.05, 3.63) is 29.3 Å². The molecule has 14 heavy (non-hydrogen) atoms. The van der Waals surface area contributed by atoms with Gasteiger partial charge in [0.2, 0.25) is 0 Å². The second kappa shape index (κ2) is 4.26. The predicted molar refractivity (Wildman–Crippen MR) is 64.8 cm³/mol. The molecule has 0 aromatic heterocycles. The van der Waals surface area contributed by atoms with Gasteiger partial charge in [-0.05, 0) is 43.6 Å². The lowest BCUT2D eigenvalue weighted by molar-refractivity contribution is 0.778. The van der Waals surface area contributed by atoms with E-state index in [1.807, 2.05) is 6.07 Å². The summed E-state index contributed by atoms with van der Waals surface area (Å²) in [7, 11) is 0. The van der Waals surface area contributed by atoms with Crippen LogP contribution in [-0.4, -0.2) is 11.0 Å². The quantitative estimate of drug-likeness (QED) is 0.754. The average molecular weight is 207 g/mol. The third-order valence-corrected chi connectivity index (χ3v) is 4.17. The van der Waals surface area contributed by atoms with E-state index in [9.17, 15) is 0 Å². The van der Waals surface area contributed by atoms with Crippen LogP contribution in [0, 0.1) is 6.92 Å². The highest BCUT2D eigenvalue weighted by Gasteiger charge is 2.16. The monoisotopic (exact) mass is 207 g/mol. The van der Waals surface area contributed by atoms with E-state index in [1.54, 1.807) is 0 Å². The fraction of sp³-hybridized carbons (Fsp3) is 0.500. The Morgan fingerprint density at radius 1 is 1.50 bits per heavy atom. The summed E-state index contributed by atoms with van der Waals surface area (Å²) in [6.07, 6.45) is 3.89. The highest BCUT2D eigenvalue weighted by atomic mass is 32.2. The van der Waals surface area contributed by atoms with Crippen molar-refractivity contribution in [2.24, 2.45) is 0 Å². The Kier molecular flexibility index (Phi) is 3.02. The van der Waals surface area contributed by atoms with Crippen LogP contribution in [0.15, 0.2) is 18.2 Å². The van der Waals surface area contributed by atoms with Gasteiger partial charge in [0.15, 0.2) is 0 Å². The Bertz CT molecular complexity index is 316. The van der Waals surface area contributed by atoms with Gasteiger partial charge in [0.25, 0.3) is 0 Å². The molecular formula is C12H17NS. The molecule has 1 unspecified atom stereocenters. The molecule has 0 spiro atoms. The number of nitrogen functional groups attached to an aromatic ring is 1. The van der Waals surface area contributed by atoms with Gasteiger partial charge in [-0.3, -0.25) is 0 Å². The van der Waals surface area contributed by atoms with E-state index in [0.717, 1.165) is 17.4 Å². The third-order valence-electron chi connectivity index (χ3n) is 2.77. The van der Waals surface area contributed by atoms with E-state index in [4.69, 9.17) is 5.73 Å². The molecular weight excluding hydrogens is 190 g/mol. The lowest BCUT2D eigenvalue weighted by atomic mass is 10.0. The molecule has 1 aliphatic rings. The Labute approximate surface area is 90.1 Å². The number of hydrogen-bond acceptors (Lipinski definition) is 2. The zero-order valence-electron chi connectivity index (χ0n) is 8.62. The lowest BCUT2D eigenvalue weighted by Crippen LogP contribution is -2.04. The molecule has 1 aromatic rings. The van der Waals surface area contributed by atoms with E-state index in [1.165, 1.54) is 29.7 Å². The van der Waals surface area contributed by atoms with Crippen molar-refractivity contribution in [1.29, 1.82) is 0 Å². The number of anilines is 1.